The molecule has 0 aliphatic heterocycles. The van der Waals surface area contributed by atoms with Crippen molar-refractivity contribution in [2.24, 2.45) is 0 Å². The fraction of sp³-hybridized carbons (Fsp3) is 0.0370. The van der Waals surface area contributed by atoms with Crippen LogP contribution in [0.1, 0.15) is 22.3 Å². The third-order valence-electron chi connectivity index (χ3n) is 4.89. The van der Waals surface area contributed by atoms with Gasteiger partial charge in [-0.15, -0.1) is 0 Å². The van der Waals surface area contributed by atoms with E-state index in [-0.39, 0.29) is 0 Å². The van der Waals surface area contributed by atoms with E-state index in [1.165, 1.54) is 27.8 Å². The SMILES string of the molecule is COc1ccc(/C(=C(/c2ccccc2)c2ccc(Br)cc2)c2ccccc2)cc1. The van der Waals surface area contributed by atoms with E-state index in [0.29, 0.717) is 0 Å². The van der Waals surface area contributed by atoms with Crippen molar-refractivity contribution < 1.29 is 4.74 Å². The molecule has 1 nitrogen and oxygen atoms in total. The number of benzene rings is 4. The van der Waals surface area contributed by atoms with E-state index in [0.717, 1.165) is 15.8 Å². The summed E-state index contributed by atoms with van der Waals surface area (Å²) in [6, 6.07) is 37.9. The third-order valence-corrected chi connectivity index (χ3v) is 5.42. The van der Waals surface area contributed by atoms with Gasteiger partial charge >= 0.3 is 0 Å². The van der Waals surface area contributed by atoms with Crippen LogP contribution >= 0.6 is 15.9 Å². The first-order chi connectivity index (χ1) is 14.3. The lowest BCUT2D eigenvalue weighted by Gasteiger charge is -2.18. The molecule has 0 aliphatic rings. The van der Waals surface area contributed by atoms with E-state index in [9.17, 15) is 0 Å². The summed E-state index contributed by atoms with van der Waals surface area (Å²) in [5, 5.41) is 0. The minimum atomic E-state index is 0.853. The standard InChI is InChI=1S/C27H21BrO/c1-29-25-18-14-23(15-19-25)27(21-10-6-3-7-11-21)26(20-8-4-2-5-9-20)22-12-16-24(28)17-13-22/h2-19H,1H3/b27-26-. The van der Waals surface area contributed by atoms with Gasteiger partial charge in [0.25, 0.3) is 0 Å². The lowest BCUT2D eigenvalue weighted by Crippen LogP contribution is -1.97. The molecule has 0 fully saturated rings. The van der Waals surface area contributed by atoms with Gasteiger partial charge in [-0.2, -0.15) is 0 Å². The van der Waals surface area contributed by atoms with Crippen molar-refractivity contribution >= 4 is 27.1 Å². The van der Waals surface area contributed by atoms with Gasteiger partial charge in [0.1, 0.15) is 5.75 Å². The Morgan fingerprint density at radius 1 is 0.517 bits per heavy atom. The van der Waals surface area contributed by atoms with Crippen LogP contribution in [0, 0.1) is 0 Å². The molecule has 0 heterocycles. The Kier molecular flexibility index (Phi) is 5.92. The number of ether oxygens (including phenoxy) is 1. The van der Waals surface area contributed by atoms with Gasteiger partial charge in [0.05, 0.1) is 7.11 Å². The Bertz CT molecular complexity index is 1100. The first-order valence-corrected chi connectivity index (χ1v) is 10.3. The zero-order valence-electron chi connectivity index (χ0n) is 16.2. The molecular weight excluding hydrogens is 420 g/mol. The van der Waals surface area contributed by atoms with Crippen LogP contribution < -0.4 is 4.74 Å². The normalized spacial score (nSPS) is 11.7. The molecular formula is C27H21BrO. The van der Waals surface area contributed by atoms with Crippen molar-refractivity contribution in [1.29, 1.82) is 0 Å². The van der Waals surface area contributed by atoms with Crippen molar-refractivity contribution in [2.45, 2.75) is 0 Å². The summed E-state index contributed by atoms with van der Waals surface area (Å²) in [5.41, 5.74) is 7.09. The molecule has 0 amide bonds. The molecule has 0 unspecified atom stereocenters. The molecule has 29 heavy (non-hydrogen) atoms. The van der Waals surface area contributed by atoms with Crippen molar-refractivity contribution in [3.8, 4) is 5.75 Å². The van der Waals surface area contributed by atoms with Gasteiger partial charge in [-0.05, 0) is 57.7 Å². The van der Waals surface area contributed by atoms with E-state index in [1.807, 2.05) is 12.1 Å². The van der Waals surface area contributed by atoms with Crippen LogP contribution in [0.3, 0.4) is 0 Å². The summed E-state index contributed by atoms with van der Waals surface area (Å²) in [5.74, 6) is 0.853. The molecule has 0 saturated heterocycles. The van der Waals surface area contributed by atoms with Gasteiger partial charge in [-0.25, -0.2) is 0 Å². The Hall–Kier alpha value is -3.10. The zero-order chi connectivity index (χ0) is 20.1. The summed E-state index contributed by atoms with van der Waals surface area (Å²) in [4.78, 5) is 0. The molecule has 0 spiro atoms. The average molecular weight is 441 g/mol. The lowest BCUT2D eigenvalue weighted by atomic mass is 9.86. The van der Waals surface area contributed by atoms with Crippen molar-refractivity contribution in [1.82, 2.24) is 0 Å². The molecule has 0 aromatic heterocycles. The van der Waals surface area contributed by atoms with E-state index >= 15 is 0 Å². The first kappa shape index (κ1) is 19.2. The minimum Gasteiger partial charge on any atom is -0.497 e. The van der Waals surface area contributed by atoms with Gasteiger partial charge in [0.15, 0.2) is 0 Å². The smallest absolute Gasteiger partial charge is 0.118 e. The predicted octanol–water partition coefficient (Wildman–Crippen LogP) is 7.47. The van der Waals surface area contributed by atoms with Crippen molar-refractivity contribution in [2.75, 3.05) is 7.11 Å². The number of methoxy groups -OCH3 is 1. The fourth-order valence-electron chi connectivity index (χ4n) is 3.49. The van der Waals surface area contributed by atoms with Gasteiger partial charge in [0.2, 0.25) is 0 Å². The Labute approximate surface area is 180 Å². The Morgan fingerprint density at radius 3 is 1.31 bits per heavy atom. The summed E-state index contributed by atoms with van der Waals surface area (Å²) in [6.45, 7) is 0. The molecule has 0 atom stereocenters. The second-order valence-corrected chi connectivity index (χ2v) is 7.63. The molecule has 4 aromatic carbocycles. The third kappa shape index (κ3) is 4.33. The Balaban J connectivity index is 2.05. The highest BCUT2D eigenvalue weighted by molar-refractivity contribution is 9.10. The molecule has 0 bridgehead atoms. The van der Waals surface area contributed by atoms with E-state index in [2.05, 4.69) is 113 Å². The minimum absolute atomic E-state index is 0.853. The van der Waals surface area contributed by atoms with Crippen LogP contribution in [0.4, 0.5) is 0 Å². The first-order valence-electron chi connectivity index (χ1n) is 9.52. The molecule has 2 heteroatoms. The molecule has 4 rings (SSSR count). The summed E-state index contributed by atoms with van der Waals surface area (Å²) >= 11 is 3.56. The maximum Gasteiger partial charge on any atom is 0.118 e. The van der Waals surface area contributed by atoms with Crippen LogP contribution in [0.2, 0.25) is 0 Å². The highest BCUT2D eigenvalue weighted by atomic mass is 79.9. The van der Waals surface area contributed by atoms with E-state index in [4.69, 9.17) is 4.74 Å². The highest BCUT2D eigenvalue weighted by Gasteiger charge is 2.16. The van der Waals surface area contributed by atoms with Crippen molar-refractivity contribution in [3.63, 3.8) is 0 Å². The molecule has 0 N–H and O–H groups in total. The summed E-state index contributed by atoms with van der Waals surface area (Å²) in [6.07, 6.45) is 0. The molecule has 142 valence electrons. The second-order valence-electron chi connectivity index (χ2n) is 6.72. The van der Waals surface area contributed by atoms with Crippen LogP contribution in [-0.4, -0.2) is 7.11 Å². The second kappa shape index (κ2) is 8.93. The van der Waals surface area contributed by atoms with E-state index in [1.54, 1.807) is 7.11 Å². The Morgan fingerprint density at radius 2 is 0.897 bits per heavy atom. The number of hydrogen-bond acceptors (Lipinski definition) is 1. The van der Waals surface area contributed by atoms with Crippen LogP contribution in [0.5, 0.6) is 5.75 Å². The van der Waals surface area contributed by atoms with E-state index < -0.39 is 0 Å². The van der Waals surface area contributed by atoms with Gasteiger partial charge in [0, 0.05) is 4.47 Å². The predicted molar refractivity (Wildman–Crippen MR) is 125 cm³/mol. The van der Waals surface area contributed by atoms with Crippen molar-refractivity contribution in [3.05, 3.63) is 136 Å². The zero-order valence-corrected chi connectivity index (χ0v) is 17.8. The largest absolute Gasteiger partial charge is 0.497 e. The number of rotatable bonds is 5. The topological polar surface area (TPSA) is 9.23 Å². The number of halogens is 1. The summed E-state index contributed by atoms with van der Waals surface area (Å²) < 4.78 is 6.45. The van der Waals surface area contributed by atoms with Crippen LogP contribution in [-0.2, 0) is 0 Å². The van der Waals surface area contributed by atoms with Gasteiger partial charge in [-0.3, -0.25) is 0 Å². The molecule has 4 aromatic rings. The summed E-state index contributed by atoms with van der Waals surface area (Å²) in [7, 11) is 1.69. The maximum absolute atomic E-state index is 5.38. The molecule has 0 aliphatic carbocycles. The van der Waals surface area contributed by atoms with Gasteiger partial charge in [-0.1, -0.05) is 101 Å². The molecule has 0 saturated carbocycles. The van der Waals surface area contributed by atoms with Crippen LogP contribution in [0.15, 0.2) is 114 Å². The highest BCUT2D eigenvalue weighted by Crippen LogP contribution is 2.37. The molecule has 0 radical (unpaired) electrons. The number of hydrogen-bond donors (Lipinski definition) is 0. The average Bonchev–Trinajstić information content (AvgIpc) is 2.79. The monoisotopic (exact) mass is 440 g/mol. The quantitative estimate of drug-likeness (QED) is 0.292. The fourth-order valence-corrected chi connectivity index (χ4v) is 3.76. The van der Waals surface area contributed by atoms with Gasteiger partial charge < -0.3 is 4.74 Å². The van der Waals surface area contributed by atoms with Crippen LogP contribution in [0.25, 0.3) is 11.1 Å². The maximum atomic E-state index is 5.38. The lowest BCUT2D eigenvalue weighted by molar-refractivity contribution is 0.415.